The monoisotopic (exact) mass is 311 g/mol. The zero-order valence-electron chi connectivity index (χ0n) is 10.4. The maximum Gasteiger partial charge on any atom is 0.133 e. The topological polar surface area (TPSA) is 62.3 Å². The minimum Gasteiger partial charge on any atom is -0.496 e. The fourth-order valence-corrected chi connectivity index (χ4v) is 2.46. The van der Waals surface area contributed by atoms with Crippen LogP contribution < -0.4 is 15.2 Å². The molecule has 0 aliphatic rings. The lowest BCUT2D eigenvalue weighted by Gasteiger charge is -2.13. The lowest BCUT2D eigenvalue weighted by atomic mass is 10.1. The van der Waals surface area contributed by atoms with E-state index in [-0.39, 0.29) is 0 Å². The Hall–Kier alpha value is -1.69. The molecule has 0 spiro atoms. The van der Waals surface area contributed by atoms with Crippen LogP contribution in [0.2, 0.25) is 0 Å². The number of nitrogens with zero attached hydrogens (tertiary/aromatic N) is 2. The molecule has 0 saturated heterocycles. The van der Waals surface area contributed by atoms with Gasteiger partial charge in [0, 0.05) is 18.2 Å². The molecule has 1 aromatic heterocycles. The van der Waals surface area contributed by atoms with Crippen LogP contribution in [0.25, 0.3) is 11.1 Å². The lowest BCUT2D eigenvalue weighted by molar-refractivity contribution is 0.402. The number of hydrogen-bond acceptors (Lipinski definition) is 4. The Balaban J connectivity index is 2.72. The lowest BCUT2D eigenvalue weighted by Crippen LogP contribution is -1.99. The van der Waals surface area contributed by atoms with Gasteiger partial charge in [-0.25, -0.2) is 0 Å². The summed E-state index contributed by atoms with van der Waals surface area (Å²) in [5, 5.41) is 4.14. The second kappa shape index (κ2) is 4.89. The van der Waals surface area contributed by atoms with Crippen LogP contribution in [0.5, 0.6) is 11.5 Å². The van der Waals surface area contributed by atoms with Crippen molar-refractivity contribution in [2.75, 3.05) is 20.0 Å². The standard InChI is InChI=1S/C12H14BrN3O2/c1-16-12(14)7(6-15-16)10-8(17-2)4-5-9(18-3)11(10)13/h4-6H,14H2,1-3H3. The summed E-state index contributed by atoms with van der Waals surface area (Å²) in [5.74, 6) is 2.00. The molecule has 2 aromatic rings. The van der Waals surface area contributed by atoms with E-state index in [4.69, 9.17) is 15.2 Å². The van der Waals surface area contributed by atoms with E-state index < -0.39 is 0 Å². The van der Waals surface area contributed by atoms with Gasteiger partial charge in [-0.1, -0.05) is 0 Å². The summed E-state index contributed by atoms with van der Waals surface area (Å²) < 4.78 is 13.1. The molecule has 2 rings (SSSR count). The Kier molecular flexibility index (Phi) is 3.47. The molecule has 96 valence electrons. The van der Waals surface area contributed by atoms with Gasteiger partial charge < -0.3 is 15.2 Å². The van der Waals surface area contributed by atoms with Crippen LogP contribution in [0.15, 0.2) is 22.8 Å². The van der Waals surface area contributed by atoms with Gasteiger partial charge in [-0.05, 0) is 28.1 Å². The summed E-state index contributed by atoms with van der Waals surface area (Å²) in [6, 6.07) is 3.67. The van der Waals surface area contributed by atoms with E-state index in [1.165, 1.54) is 0 Å². The van der Waals surface area contributed by atoms with E-state index in [1.807, 2.05) is 12.1 Å². The summed E-state index contributed by atoms with van der Waals surface area (Å²) in [4.78, 5) is 0. The van der Waals surface area contributed by atoms with Crippen LogP contribution >= 0.6 is 15.9 Å². The Morgan fingerprint density at radius 2 is 1.83 bits per heavy atom. The van der Waals surface area contributed by atoms with E-state index in [9.17, 15) is 0 Å². The van der Waals surface area contributed by atoms with Crippen molar-refractivity contribution in [3.63, 3.8) is 0 Å². The van der Waals surface area contributed by atoms with Gasteiger partial charge >= 0.3 is 0 Å². The second-order valence-corrected chi connectivity index (χ2v) is 4.52. The molecule has 0 amide bonds. The summed E-state index contributed by atoms with van der Waals surface area (Å²) in [6.07, 6.45) is 1.71. The molecular formula is C12H14BrN3O2. The van der Waals surface area contributed by atoms with E-state index in [0.717, 1.165) is 15.6 Å². The fraction of sp³-hybridized carbons (Fsp3) is 0.250. The van der Waals surface area contributed by atoms with E-state index in [1.54, 1.807) is 32.1 Å². The number of nitrogens with two attached hydrogens (primary N) is 1. The quantitative estimate of drug-likeness (QED) is 0.945. The molecule has 0 fully saturated rings. The highest BCUT2D eigenvalue weighted by Gasteiger charge is 2.18. The molecule has 0 atom stereocenters. The summed E-state index contributed by atoms with van der Waals surface area (Å²) in [6.45, 7) is 0. The molecule has 0 bridgehead atoms. The Bertz CT molecular complexity index is 581. The van der Waals surface area contributed by atoms with E-state index in [2.05, 4.69) is 21.0 Å². The molecule has 0 radical (unpaired) electrons. The zero-order chi connectivity index (χ0) is 13.3. The highest BCUT2D eigenvalue weighted by Crippen LogP contribution is 2.43. The van der Waals surface area contributed by atoms with Crippen LogP contribution in [0.3, 0.4) is 0 Å². The summed E-state index contributed by atoms with van der Waals surface area (Å²) >= 11 is 3.52. The Morgan fingerprint density at radius 1 is 1.22 bits per heavy atom. The number of halogens is 1. The fourth-order valence-electron chi connectivity index (χ4n) is 1.76. The van der Waals surface area contributed by atoms with Crippen molar-refractivity contribution in [2.24, 2.45) is 7.05 Å². The second-order valence-electron chi connectivity index (χ2n) is 3.73. The van der Waals surface area contributed by atoms with Crippen LogP contribution in [0.1, 0.15) is 0 Å². The van der Waals surface area contributed by atoms with Gasteiger partial charge in [0.25, 0.3) is 0 Å². The average molecular weight is 312 g/mol. The van der Waals surface area contributed by atoms with E-state index >= 15 is 0 Å². The number of hydrogen-bond donors (Lipinski definition) is 1. The zero-order valence-corrected chi connectivity index (χ0v) is 12.0. The molecule has 0 unspecified atom stereocenters. The highest BCUT2D eigenvalue weighted by molar-refractivity contribution is 9.10. The first kappa shape index (κ1) is 12.8. The molecule has 1 aromatic carbocycles. The molecule has 5 nitrogen and oxygen atoms in total. The smallest absolute Gasteiger partial charge is 0.133 e. The van der Waals surface area contributed by atoms with Gasteiger partial charge in [-0.15, -0.1) is 0 Å². The van der Waals surface area contributed by atoms with Crippen LogP contribution in [0.4, 0.5) is 5.82 Å². The molecular weight excluding hydrogens is 298 g/mol. The largest absolute Gasteiger partial charge is 0.496 e. The molecule has 0 saturated carbocycles. The maximum absolute atomic E-state index is 6.00. The van der Waals surface area contributed by atoms with E-state index in [0.29, 0.717) is 17.3 Å². The number of ether oxygens (including phenoxy) is 2. The van der Waals surface area contributed by atoms with Gasteiger partial charge in [0.05, 0.1) is 24.9 Å². The van der Waals surface area contributed by atoms with Crippen LogP contribution in [-0.4, -0.2) is 24.0 Å². The van der Waals surface area contributed by atoms with Crippen LogP contribution in [-0.2, 0) is 7.05 Å². The van der Waals surface area contributed by atoms with Crippen molar-refractivity contribution in [2.45, 2.75) is 0 Å². The SMILES string of the molecule is COc1ccc(OC)c(-c2cnn(C)c2N)c1Br. The third-order valence-electron chi connectivity index (χ3n) is 2.76. The minimum atomic E-state index is 0.572. The number of methoxy groups -OCH3 is 2. The Labute approximate surface area is 114 Å². The normalized spacial score (nSPS) is 10.4. The molecule has 0 aliphatic carbocycles. The summed E-state index contributed by atoms with van der Waals surface area (Å²) in [7, 11) is 5.02. The highest BCUT2D eigenvalue weighted by atomic mass is 79.9. The van der Waals surface area contributed by atoms with Crippen molar-refractivity contribution in [1.29, 1.82) is 0 Å². The molecule has 6 heteroatoms. The van der Waals surface area contributed by atoms with Crippen molar-refractivity contribution in [3.8, 4) is 22.6 Å². The first-order valence-electron chi connectivity index (χ1n) is 5.28. The predicted octanol–water partition coefficient (Wildman–Crippen LogP) is 2.45. The first-order valence-corrected chi connectivity index (χ1v) is 6.07. The van der Waals surface area contributed by atoms with Crippen molar-refractivity contribution < 1.29 is 9.47 Å². The van der Waals surface area contributed by atoms with Gasteiger partial charge in [0.15, 0.2) is 0 Å². The molecule has 18 heavy (non-hydrogen) atoms. The molecule has 2 N–H and O–H groups in total. The first-order chi connectivity index (χ1) is 8.60. The Morgan fingerprint density at radius 3 is 2.33 bits per heavy atom. The minimum absolute atomic E-state index is 0.572. The maximum atomic E-state index is 6.00. The number of aromatic nitrogens is 2. The third kappa shape index (κ3) is 1.92. The predicted molar refractivity (Wildman–Crippen MR) is 73.9 cm³/mol. The average Bonchev–Trinajstić information content (AvgIpc) is 2.70. The molecule has 0 aliphatic heterocycles. The van der Waals surface area contributed by atoms with Gasteiger partial charge in [0.1, 0.15) is 17.3 Å². The number of benzene rings is 1. The number of rotatable bonds is 3. The van der Waals surface area contributed by atoms with Crippen molar-refractivity contribution in [1.82, 2.24) is 9.78 Å². The molecule has 1 heterocycles. The van der Waals surface area contributed by atoms with Gasteiger partial charge in [0.2, 0.25) is 0 Å². The third-order valence-corrected chi connectivity index (χ3v) is 3.55. The van der Waals surface area contributed by atoms with Crippen molar-refractivity contribution >= 4 is 21.7 Å². The number of nitrogen functional groups attached to an aromatic ring is 1. The van der Waals surface area contributed by atoms with Gasteiger partial charge in [-0.2, -0.15) is 5.10 Å². The van der Waals surface area contributed by atoms with Crippen molar-refractivity contribution in [3.05, 3.63) is 22.8 Å². The van der Waals surface area contributed by atoms with Gasteiger partial charge in [-0.3, -0.25) is 4.68 Å². The number of aryl methyl sites for hydroxylation is 1. The summed E-state index contributed by atoms with van der Waals surface area (Å²) in [5.41, 5.74) is 7.64. The van der Waals surface area contributed by atoms with Crippen LogP contribution in [0, 0.1) is 0 Å². The number of anilines is 1.